The minimum Gasteiger partial charge on any atom is -0.492 e. The summed E-state index contributed by atoms with van der Waals surface area (Å²) in [5.74, 6) is 2.38. The average molecular weight is 413 g/mol. The first-order valence-electron chi connectivity index (χ1n) is 11.1. The van der Waals surface area contributed by atoms with Crippen LogP contribution >= 0.6 is 0 Å². The normalized spacial score (nSPS) is 18.4. The Hall–Kier alpha value is -2.54. The van der Waals surface area contributed by atoms with E-state index in [2.05, 4.69) is 16.8 Å². The first-order valence-corrected chi connectivity index (χ1v) is 11.1. The van der Waals surface area contributed by atoms with Gasteiger partial charge in [0.05, 0.1) is 12.3 Å². The number of hydrogen-bond acceptors (Lipinski definition) is 4. The van der Waals surface area contributed by atoms with E-state index in [1.807, 2.05) is 42.3 Å². The molecule has 0 aliphatic carbocycles. The second kappa shape index (κ2) is 9.51. The molecule has 4 rings (SSSR count). The Morgan fingerprint density at radius 1 is 1.20 bits per heavy atom. The number of carbonyl (C=O) groups excluding carboxylic acids is 1. The van der Waals surface area contributed by atoms with Crippen LogP contribution in [0.5, 0.6) is 5.75 Å². The van der Waals surface area contributed by atoms with Gasteiger partial charge in [-0.15, -0.1) is 0 Å². The maximum Gasteiger partial charge on any atom is 0.321 e. The van der Waals surface area contributed by atoms with Crippen LogP contribution in [0.4, 0.5) is 10.5 Å². The summed E-state index contributed by atoms with van der Waals surface area (Å²) in [6.07, 6.45) is 5.95. The first kappa shape index (κ1) is 20.7. The third-order valence-corrected chi connectivity index (χ3v) is 6.14. The van der Waals surface area contributed by atoms with E-state index < -0.39 is 0 Å². The maximum absolute atomic E-state index is 12.8. The molecule has 1 aromatic heterocycles. The molecule has 0 bridgehead atoms. The Bertz CT molecular complexity index is 852. The van der Waals surface area contributed by atoms with Gasteiger partial charge in [-0.05, 0) is 51.7 Å². The molecule has 2 fully saturated rings. The van der Waals surface area contributed by atoms with E-state index in [4.69, 9.17) is 14.5 Å². The summed E-state index contributed by atoms with van der Waals surface area (Å²) < 4.78 is 13.6. The largest absolute Gasteiger partial charge is 0.492 e. The molecular formula is C23H32N4O3. The molecule has 3 heterocycles. The van der Waals surface area contributed by atoms with Crippen LogP contribution in [0.25, 0.3) is 0 Å². The molecule has 7 nitrogen and oxygen atoms in total. The van der Waals surface area contributed by atoms with Gasteiger partial charge < -0.3 is 24.3 Å². The summed E-state index contributed by atoms with van der Waals surface area (Å²) in [4.78, 5) is 19.5. The highest BCUT2D eigenvalue weighted by molar-refractivity contribution is 5.91. The second-order valence-electron chi connectivity index (χ2n) is 8.09. The molecular weight excluding hydrogens is 380 g/mol. The number of anilines is 1. The van der Waals surface area contributed by atoms with Gasteiger partial charge in [0.2, 0.25) is 0 Å². The number of piperidine rings is 1. The third kappa shape index (κ3) is 4.46. The summed E-state index contributed by atoms with van der Waals surface area (Å²) >= 11 is 0. The predicted octanol–water partition coefficient (Wildman–Crippen LogP) is 4.35. The summed E-state index contributed by atoms with van der Waals surface area (Å²) in [7, 11) is 0. The monoisotopic (exact) mass is 412 g/mol. The van der Waals surface area contributed by atoms with E-state index in [0.29, 0.717) is 24.3 Å². The van der Waals surface area contributed by atoms with E-state index >= 15 is 0 Å². The van der Waals surface area contributed by atoms with Crippen LogP contribution in [0.1, 0.15) is 56.1 Å². The number of aryl methyl sites for hydroxylation is 1. The van der Waals surface area contributed by atoms with Crippen LogP contribution in [-0.2, 0) is 4.74 Å². The Balaban J connectivity index is 1.39. The summed E-state index contributed by atoms with van der Waals surface area (Å²) in [6.45, 7) is 7.75. The van der Waals surface area contributed by atoms with Crippen LogP contribution in [0.2, 0.25) is 0 Å². The van der Waals surface area contributed by atoms with Gasteiger partial charge in [0.1, 0.15) is 11.6 Å². The van der Waals surface area contributed by atoms with Crippen LogP contribution in [-0.4, -0.2) is 53.4 Å². The van der Waals surface area contributed by atoms with Crippen molar-refractivity contribution in [3.63, 3.8) is 0 Å². The van der Waals surface area contributed by atoms with Crippen LogP contribution in [0.15, 0.2) is 30.5 Å². The van der Waals surface area contributed by atoms with E-state index in [-0.39, 0.29) is 6.03 Å². The van der Waals surface area contributed by atoms with Gasteiger partial charge in [-0.2, -0.15) is 0 Å². The number of hydrogen-bond donors (Lipinski definition) is 1. The van der Waals surface area contributed by atoms with Crippen LogP contribution in [0, 0.1) is 6.92 Å². The number of benzene rings is 1. The fourth-order valence-electron chi connectivity index (χ4n) is 4.57. The lowest BCUT2D eigenvalue weighted by atomic mass is 9.97. The number of rotatable bonds is 5. The van der Waals surface area contributed by atoms with Gasteiger partial charge in [0.25, 0.3) is 0 Å². The lowest BCUT2D eigenvalue weighted by molar-refractivity contribution is 0.0818. The topological polar surface area (TPSA) is 68.6 Å². The fourth-order valence-corrected chi connectivity index (χ4v) is 4.57. The van der Waals surface area contributed by atoms with Gasteiger partial charge >= 0.3 is 6.03 Å². The molecule has 2 aromatic rings. The SMILES string of the molecule is CCOc1ccccc1NC(=O)N1CCC(n2c(C)cnc2C2CCOCC2)CC1. The van der Waals surface area contributed by atoms with Gasteiger partial charge in [0.15, 0.2) is 0 Å². The zero-order valence-corrected chi connectivity index (χ0v) is 18.0. The number of likely N-dealkylation sites (tertiary alicyclic amines) is 1. The zero-order chi connectivity index (χ0) is 20.9. The molecule has 162 valence electrons. The first-order chi connectivity index (χ1) is 14.7. The maximum atomic E-state index is 12.8. The molecule has 2 aliphatic rings. The van der Waals surface area contributed by atoms with E-state index in [1.54, 1.807) is 0 Å². The summed E-state index contributed by atoms with van der Waals surface area (Å²) in [6, 6.07) is 7.91. The molecule has 7 heteroatoms. The summed E-state index contributed by atoms with van der Waals surface area (Å²) in [5.41, 5.74) is 1.93. The molecule has 2 saturated heterocycles. The molecule has 0 atom stereocenters. The zero-order valence-electron chi connectivity index (χ0n) is 18.0. The lowest BCUT2D eigenvalue weighted by Gasteiger charge is -2.35. The lowest BCUT2D eigenvalue weighted by Crippen LogP contribution is -2.42. The van der Waals surface area contributed by atoms with Gasteiger partial charge in [-0.1, -0.05) is 12.1 Å². The van der Waals surface area contributed by atoms with Crippen LogP contribution < -0.4 is 10.1 Å². The van der Waals surface area contributed by atoms with Gasteiger partial charge in [-0.3, -0.25) is 0 Å². The smallest absolute Gasteiger partial charge is 0.321 e. The van der Waals surface area contributed by atoms with Gasteiger partial charge in [-0.25, -0.2) is 9.78 Å². The number of imidazole rings is 1. The highest BCUT2D eigenvalue weighted by atomic mass is 16.5. The minimum absolute atomic E-state index is 0.0624. The molecule has 0 spiro atoms. The highest BCUT2D eigenvalue weighted by Crippen LogP contribution is 2.33. The summed E-state index contributed by atoms with van der Waals surface area (Å²) in [5, 5.41) is 3.02. The Morgan fingerprint density at radius 2 is 1.93 bits per heavy atom. The van der Waals surface area contributed by atoms with Crippen molar-refractivity contribution in [2.45, 2.75) is 51.5 Å². The second-order valence-corrected chi connectivity index (χ2v) is 8.09. The molecule has 1 aromatic carbocycles. The van der Waals surface area contributed by atoms with Crippen molar-refractivity contribution in [3.8, 4) is 5.75 Å². The number of aromatic nitrogens is 2. The van der Waals surface area contributed by atoms with Gasteiger partial charge in [0, 0.05) is 50.2 Å². The Kier molecular flexibility index (Phi) is 6.57. The van der Waals surface area contributed by atoms with Crippen molar-refractivity contribution in [2.24, 2.45) is 0 Å². The molecule has 2 aliphatic heterocycles. The number of para-hydroxylation sites is 2. The number of nitrogens with zero attached hydrogens (tertiary/aromatic N) is 3. The van der Waals surface area contributed by atoms with E-state index in [1.165, 1.54) is 11.5 Å². The van der Waals surface area contributed by atoms with Crippen molar-refractivity contribution in [1.82, 2.24) is 14.5 Å². The highest BCUT2D eigenvalue weighted by Gasteiger charge is 2.29. The van der Waals surface area contributed by atoms with Crippen molar-refractivity contribution in [1.29, 1.82) is 0 Å². The van der Waals surface area contributed by atoms with E-state index in [9.17, 15) is 4.79 Å². The van der Waals surface area contributed by atoms with Crippen molar-refractivity contribution >= 4 is 11.7 Å². The molecule has 2 amide bonds. The predicted molar refractivity (Wildman–Crippen MR) is 116 cm³/mol. The molecule has 0 unspecified atom stereocenters. The van der Waals surface area contributed by atoms with Crippen molar-refractivity contribution < 1.29 is 14.3 Å². The number of ether oxygens (including phenoxy) is 2. The standard InChI is InChI=1S/C23H32N4O3/c1-3-30-21-7-5-4-6-20(21)25-23(28)26-12-8-19(9-13-26)27-17(2)16-24-22(27)18-10-14-29-15-11-18/h4-7,16,18-19H,3,8-15H2,1-2H3,(H,25,28). The average Bonchev–Trinajstić information content (AvgIpc) is 3.17. The third-order valence-electron chi connectivity index (χ3n) is 6.14. The fraction of sp³-hybridized carbons (Fsp3) is 0.565. The van der Waals surface area contributed by atoms with Crippen molar-refractivity contribution in [3.05, 3.63) is 42.0 Å². The Labute approximate surface area is 178 Å². The molecule has 0 radical (unpaired) electrons. The van der Waals surface area contributed by atoms with Crippen LogP contribution in [0.3, 0.4) is 0 Å². The molecule has 30 heavy (non-hydrogen) atoms. The van der Waals surface area contributed by atoms with E-state index in [0.717, 1.165) is 57.7 Å². The minimum atomic E-state index is -0.0624. The number of urea groups is 1. The van der Waals surface area contributed by atoms with Crippen molar-refractivity contribution in [2.75, 3.05) is 38.2 Å². The Morgan fingerprint density at radius 3 is 2.67 bits per heavy atom. The number of amides is 2. The molecule has 1 N–H and O–H groups in total. The quantitative estimate of drug-likeness (QED) is 0.793. The molecule has 0 saturated carbocycles. The number of carbonyl (C=O) groups is 1. The number of nitrogens with one attached hydrogen (secondary N) is 1.